The molecular formula is C26H38N4OS. The fourth-order valence-corrected chi connectivity index (χ4v) is 4.50. The van der Waals surface area contributed by atoms with Crippen LogP contribution >= 0.6 is 12.2 Å². The average Bonchev–Trinajstić information content (AvgIpc) is 2.76. The zero-order valence-corrected chi connectivity index (χ0v) is 21.1. The predicted octanol–water partition coefficient (Wildman–Crippen LogP) is 4.60. The van der Waals surface area contributed by atoms with E-state index in [4.69, 9.17) is 17.0 Å². The SMILES string of the molecule is Cc1cc(C)c(NC(=S)N(CCCN2CCOCC2)Cc2ccc(N(C)C)cc2)c(C)c1. The summed E-state index contributed by atoms with van der Waals surface area (Å²) in [5, 5.41) is 4.35. The number of hydrogen-bond donors (Lipinski definition) is 1. The van der Waals surface area contributed by atoms with Crippen molar-refractivity contribution in [3.8, 4) is 0 Å². The van der Waals surface area contributed by atoms with Crippen molar-refractivity contribution < 1.29 is 4.74 Å². The Hall–Kier alpha value is -2.15. The molecule has 1 N–H and O–H groups in total. The van der Waals surface area contributed by atoms with Crippen molar-refractivity contribution in [3.05, 3.63) is 58.7 Å². The predicted molar refractivity (Wildman–Crippen MR) is 140 cm³/mol. The van der Waals surface area contributed by atoms with Gasteiger partial charge in [0, 0.05) is 58.2 Å². The monoisotopic (exact) mass is 454 g/mol. The second kappa shape index (κ2) is 11.6. The van der Waals surface area contributed by atoms with E-state index in [1.54, 1.807) is 0 Å². The molecule has 0 radical (unpaired) electrons. The van der Waals surface area contributed by atoms with E-state index in [1.165, 1.54) is 27.9 Å². The first kappa shape index (κ1) is 24.5. The summed E-state index contributed by atoms with van der Waals surface area (Å²) >= 11 is 5.92. The molecule has 6 heteroatoms. The summed E-state index contributed by atoms with van der Waals surface area (Å²) in [6.07, 6.45) is 1.07. The second-order valence-electron chi connectivity index (χ2n) is 8.99. The summed E-state index contributed by atoms with van der Waals surface area (Å²) in [7, 11) is 4.14. The molecule has 0 saturated carbocycles. The highest BCUT2D eigenvalue weighted by Gasteiger charge is 2.15. The molecule has 1 fully saturated rings. The van der Waals surface area contributed by atoms with E-state index >= 15 is 0 Å². The van der Waals surface area contributed by atoms with Gasteiger partial charge in [-0.3, -0.25) is 4.90 Å². The number of thiocarbonyl (C=S) groups is 1. The van der Waals surface area contributed by atoms with E-state index in [0.29, 0.717) is 0 Å². The molecule has 0 atom stereocenters. The molecule has 0 spiro atoms. The van der Waals surface area contributed by atoms with Gasteiger partial charge in [0.2, 0.25) is 0 Å². The first-order valence-electron chi connectivity index (χ1n) is 11.5. The van der Waals surface area contributed by atoms with Crippen LogP contribution in [0.25, 0.3) is 0 Å². The van der Waals surface area contributed by atoms with Crippen molar-refractivity contribution in [1.29, 1.82) is 0 Å². The Kier molecular flexibility index (Phi) is 8.91. The van der Waals surface area contributed by atoms with Gasteiger partial charge in [-0.15, -0.1) is 0 Å². The summed E-state index contributed by atoms with van der Waals surface area (Å²) < 4.78 is 5.48. The van der Waals surface area contributed by atoms with Gasteiger partial charge < -0.3 is 19.9 Å². The summed E-state index contributed by atoms with van der Waals surface area (Å²) in [4.78, 5) is 6.91. The van der Waals surface area contributed by atoms with Gasteiger partial charge in [-0.2, -0.15) is 0 Å². The standard InChI is InChI=1S/C26H38N4OS/c1-20-17-21(2)25(22(3)18-20)27-26(32)30(12-6-11-29-13-15-31-16-14-29)19-23-7-9-24(10-8-23)28(4)5/h7-10,17-18H,6,11-16,19H2,1-5H3,(H,27,32). The van der Waals surface area contributed by atoms with Crippen molar-refractivity contribution in [2.24, 2.45) is 0 Å². The molecule has 1 aliphatic rings. The summed E-state index contributed by atoms with van der Waals surface area (Å²) in [6.45, 7) is 13.0. The smallest absolute Gasteiger partial charge is 0.173 e. The first-order chi connectivity index (χ1) is 15.3. The molecule has 2 aromatic rings. The quantitative estimate of drug-likeness (QED) is 0.587. The lowest BCUT2D eigenvalue weighted by atomic mass is 10.1. The van der Waals surface area contributed by atoms with Crippen LogP contribution in [0.3, 0.4) is 0 Å². The van der Waals surface area contributed by atoms with Gasteiger partial charge >= 0.3 is 0 Å². The van der Waals surface area contributed by atoms with Crippen LogP contribution in [0.1, 0.15) is 28.7 Å². The maximum absolute atomic E-state index is 5.92. The van der Waals surface area contributed by atoms with Gasteiger partial charge in [-0.1, -0.05) is 29.8 Å². The molecular weight excluding hydrogens is 416 g/mol. The third kappa shape index (κ3) is 6.92. The Labute approximate surface area is 199 Å². The van der Waals surface area contributed by atoms with Crippen molar-refractivity contribution >= 4 is 28.7 Å². The molecule has 32 heavy (non-hydrogen) atoms. The number of benzene rings is 2. The lowest BCUT2D eigenvalue weighted by Gasteiger charge is -2.30. The summed E-state index contributed by atoms with van der Waals surface area (Å²) in [5.41, 5.74) is 7.34. The van der Waals surface area contributed by atoms with E-state index in [2.05, 4.69) is 91.3 Å². The fraction of sp³-hybridized carbons (Fsp3) is 0.500. The Morgan fingerprint density at radius 3 is 2.25 bits per heavy atom. The lowest BCUT2D eigenvalue weighted by Crippen LogP contribution is -2.40. The average molecular weight is 455 g/mol. The number of nitrogens with zero attached hydrogens (tertiary/aromatic N) is 3. The van der Waals surface area contributed by atoms with Gasteiger partial charge in [0.25, 0.3) is 0 Å². The van der Waals surface area contributed by atoms with Gasteiger partial charge in [0.1, 0.15) is 0 Å². The molecule has 1 heterocycles. The van der Waals surface area contributed by atoms with Gasteiger partial charge in [-0.05, 0) is 68.2 Å². The molecule has 0 aromatic heterocycles. The number of nitrogens with one attached hydrogen (secondary N) is 1. The van der Waals surface area contributed by atoms with Crippen LogP contribution in [-0.4, -0.2) is 68.4 Å². The molecule has 3 rings (SSSR count). The van der Waals surface area contributed by atoms with Crippen LogP contribution in [-0.2, 0) is 11.3 Å². The lowest BCUT2D eigenvalue weighted by molar-refractivity contribution is 0.0368. The number of aryl methyl sites for hydroxylation is 3. The molecule has 0 unspecified atom stereocenters. The number of morpholine rings is 1. The van der Waals surface area contributed by atoms with E-state index < -0.39 is 0 Å². The normalized spacial score (nSPS) is 14.3. The third-order valence-electron chi connectivity index (χ3n) is 6.03. The maximum Gasteiger partial charge on any atom is 0.173 e. The van der Waals surface area contributed by atoms with E-state index in [9.17, 15) is 0 Å². The third-order valence-corrected chi connectivity index (χ3v) is 6.39. The molecule has 0 aliphatic carbocycles. The maximum atomic E-state index is 5.92. The molecule has 1 saturated heterocycles. The van der Waals surface area contributed by atoms with Crippen molar-refractivity contribution in [3.63, 3.8) is 0 Å². The largest absolute Gasteiger partial charge is 0.379 e. The second-order valence-corrected chi connectivity index (χ2v) is 9.38. The zero-order valence-electron chi connectivity index (χ0n) is 20.3. The highest BCUT2D eigenvalue weighted by molar-refractivity contribution is 7.80. The Balaban J connectivity index is 1.70. The van der Waals surface area contributed by atoms with Gasteiger partial charge in [0.05, 0.1) is 13.2 Å². The number of rotatable bonds is 8. The molecule has 0 bridgehead atoms. The Morgan fingerprint density at radius 1 is 1.03 bits per heavy atom. The Morgan fingerprint density at radius 2 is 1.66 bits per heavy atom. The fourth-order valence-electron chi connectivity index (χ4n) is 4.25. The molecule has 5 nitrogen and oxygen atoms in total. The van der Waals surface area contributed by atoms with Crippen LogP contribution in [0.4, 0.5) is 11.4 Å². The Bertz CT molecular complexity index is 868. The van der Waals surface area contributed by atoms with Crippen molar-refractivity contribution in [2.45, 2.75) is 33.7 Å². The van der Waals surface area contributed by atoms with Crippen molar-refractivity contribution in [1.82, 2.24) is 9.80 Å². The number of anilines is 2. The van der Waals surface area contributed by atoms with Gasteiger partial charge in [-0.25, -0.2) is 0 Å². The minimum atomic E-state index is 0.790. The molecule has 1 aliphatic heterocycles. The van der Waals surface area contributed by atoms with E-state index in [1.807, 2.05) is 0 Å². The first-order valence-corrected chi connectivity index (χ1v) is 11.9. The van der Waals surface area contributed by atoms with E-state index in [-0.39, 0.29) is 0 Å². The minimum Gasteiger partial charge on any atom is -0.379 e. The molecule has 2 aromatic carbocycles. The van der Waals surface area contributed by atoms with Crippen LogP contribution in [0.15, 0.2) is 36.4 Å². The van der Waals surface area contributed by atoms with Crippen molar-refractivity contribution in [2.75, 3.05) is 63.7 Å². The molecule has 174 valence electrons. The van der Waals surface area contributed by atoms with Crippen LogP contribution in [0, 0.1) is 20.8 Å². The minimum absolute atomic E-state index is 0.790. The zero-order chi connectivity index (χ0) is 23.1. The number of ether oxygens (including phenoxy) is 1. The number of hydrogen-bond acceptors (Lipinski definition) is 4. The topological polar surface area (TPSA) is 31.0 Å². The van der Waals surface area contributed by atoms with Crippen LogP contribution in [0.5, 0.6) is 0 Å². The van der Waals surface area contributed by atoms with E-state index in [0.717, 1.165) is 63.2 Å². The summed E-state index contributed by atoms with van der Waals surface area (Å²) in [6, 6.07) is 13.2. The van der Waals surface area contributed by atoms with Gasteiger partial charge in [0.15, 0.2) is 5.11 Å². The van der Waals surface area contributed by atoms with Crippen LogP contribution in [0.2, 0.25) is 0 Å². The molecule has 0 amide bonds. The highest BCUT2D eigenvalue weighted by atomic mass is 32.1. The summed E-state index contributed by atoms with van der Waals surface area (Å²) in [5.74, 6) is 0. The highest BCUT2D eigenvalue weighted by Crippen LogP contribution is 2.23. The van der Waals surface area contributed by atoms with Crippen LogP contribution < -0.4 is 10.2 Å².